The average Bonchev–Trinajstić information content (AvgIpc) is 3.80. The van der Waals surface area contributed by atoms with Crippen molar-refractivity contribution in [2.24, 2.45) is 11.8 Å². The normalized spacial score (nSPS) is 22.9. The number of benzene rings is 1. The zero-order valence-corrected chi connectivity index (χ0v) is 30.1. The molecule has 2 aliphatic carbocycles. The first-order chi connectivity index (χ1) is 25.6. The number of hydrogen-bond donors (Lipinski definition) is 3. The van der Waals surface area contributed by atoms with Crippen molar-refractivity contribution in [1.82, 2.24) is 35.7 Å². The van der Waals surface area contributed by atoms with Crippen LogP contribution in [0.1, 0.15) is 79.9 Å². The summed E-state index contributed by atoms with van der Waals surface area (Å²) in [6, 6.07) is 4.14. The van der Waals surface area contributed by atoms with Crippen LogP contribution in [0.4, 0.5) is 0 Å². The van der Waals surface area contributed by atoms with Gasteiger partial charge in [0.05, 0.1) is 17.8 Å². The Labute approximate surface area is 309 Å². The summed E-state index contributed by atoms with van der Waals surface area (Å²) in [6.45, 7) is 5.79. The minimum atomic E-state index is -1.19. The number of carbonyl (C=O) groups excluding carboxylic acids is 6. The summed E-state index contributed by atoms with van der Waals surface area (Å²) >= 11 is 0. The molecule has 13 nitrogen and oxygen atoms in total. The highest BCUT2D eigenvalue weighted by molar-refractivity contribution is 6.38. The highest BCUT2D eigenvalue weighted by Gasteiger charge is 2.65. The molecule has 0 radical (unpaired) electrons. The second-order valence-corrected chi connectivity index (χ2v) is 14.7. The Morgan fingerprint density at radius 2 is 1.81 bits per heavy atom. The van der Waals surface area contributed by atoms with Crippen LogP contribution in [-0.2, 0) is 36.8 Å². The monoisotopic (exact) mass is 721 g/mol. The quantitative estimate of drug-likeness (QED) is 0.122. The Hall–Kier alpha value is -5.38. The number of β-lactam (4-membered cyclic amide) rings is 1. The molecule has 1 saturated carbocycles. The summed E-state index contributed by atoms with van der Waals surface area (Å²) in [4.78, 5) is 94.3. The number of amides is 5. The van der Waals surface area contributed by atoms with Crippen molar-refractivity contribution in [3.8, 4) is 12.3 Å². The van der Waals surface area contributed by atoms with E-state index in [1.54, 1.807) is 9.80 Å². The van der Waals surface area contributed by atoms with Gasteiger partial charge >= 0.3 is 0 Å². The van der Waals surface area contributed by atoms with Crippen LogP contribution in [0.5, 0.6) is 0 Å². The maximum absolute atomic E-state index is 15.2. The van der Waals surface area contributed by atoms with Crippen molar-refractivity contribution in [3.05, 3.63) is 72.3 Å². The van der Waals surface area contributed by atoms with E-state index < -0.39 is 53.2 Å². The number of Topliss-reactive ketones (excluding diaryl/α,β-unsaturated/α-hetero) is 1. The standard InChI is InChI=1S/C40H47N7O6/c1-4-6-14-29(33(48)37(51)43-18-5-2)44-36(50)31-25(3)15-21-46(31)38(52)32(28-22-26-12-8-9-13-27(26)23-28)47-39(53)34(40(47)16-10-7-11-17-40)45-35(49)30-24-41-19-20-42-30/h1,5,8-9,12-13,19-20,24-25,28-29,31-32,34H,2,6-7,10-11,14-18,21-23H2,3H3,(H,43,51)(H,44,50)(H,45,49)/t25-,29?,31-,32-,34+/m0/s1. The highest BCUT2D eigenvalue weighted by Crippen LogP contribution is 2.48. The van der Waals surface area contributed by atoms with Gasteiger partial charge in [-0.05, 0) is 61.5 Å². The number of nitrogens with zero attached hydrogens (tertiary/aromatic N) is 4. The Balaban J connectivity index is 1.31. The van der Waals surface area contributed by atoms with E-state index in [0.717, 1.165) is 30.4 Å². The van der Waals surface area contributed by atoms with Gasteiger partial charge in [-0.1, -0.05) is 56.5 Å². The number of terminal acetylenes is 1. The fourth-order valence-corrected chi connectivity index (χ4v) is 8.85. The van der Waals surface area contributed by atoms with Gasteiger partial charge in [-0.3, -0.25) is 33.8 Å². The van der Waals surface area contributed by atoms with Crippen LogP contribution < -0.4 is 16.0 Å². The van der Waals surface area contributed by atoms with Crippen molar-refractivity contribution in [2.75, 3.05) is 13.1 Å². The SMILES string of the molecule is C#CCCC(NC(=O)[C@@H]1[C@@H](C)CCN1C(=O)[C@H](C1Cc2ccccc2C1)N1C(=O)[C@@H](NC(=O)c2cnccn2)C12CCCCC2)C(=O)C(=O)NCC=C. The van der Waals surface area contributed by atoms with Gasteiger partial charge in [0.25, 0.3) is 11.8 Å². The molecule has 3 heterocycles. The van der Waals surface area contributed by atoms with E-state index in [4.69, 9.17) is 6.42 Å². The first kappa shape index (κ1) is 37.4. The molecule has 4 aliphatic rings. The zero-order chi connectivity index (χ0) is 37.7. The van der Waals surface area contributed by atoms with E-state index >= 15 is 4.79 Å². The number of likely N-dealkylation sites (tertiary alicyclic amines) is 2. The van der Waals surface area contributed by atoms with Crippen LogP contribution in [0.2, 0.25) is 0 Å². The second-order valence-electron chi connectivity index (χ2n) is 14.7. The topological polar surface area (TPSA) is 171 Å². The number of carbonyl (C=O) groups is 6. The van der Waals surface area contributed by atoms with Gasteiger partial charge in [0.15, 0.2) is 0 Å². The molecule has 0 bridgehead atoms. The molecule has 5 atom stereocenters. The molecule has 1 aromatic heterocycles. The van der Waals surface area contributed by atoms with Gasteiger partial charge in [0.2, 0.25) is 23.5 Å². The van der Waals surface area contributed by atoms with Crippen LogP contribution in [0.3, 0.4) is 0 Å². The van der Waals surface area contributed by atoms with Gasteiger partial charge in [0, 0.05) is 31.9 Å². The summed E-state index contributed by atoms with van der Waals surface area (Å²) in [5.74, 6) is -1.50. The molecule has 3 N–H and O–H groups in total. The summed E-state index contributed by atoms with van der Waals surface area (Å²) in [6.07, 6.45) is 16.9. The second kappa shape index (κ2) is 16.1. The molecule has 2 saturated heterocycles. The Kier molecular flexibility index (Phi) is 11.4. The number of fused-ring (bicyclic) bond motifs is 1. The number of aromatic nitrogens is 2. The molecule has 13 heteroatoms. The minimum Gasteiger partial charge on any atom is -0.346 e. The van der Waals surface area contributed by atoms with Crippen LogP contribution in [0.25, 0.3) is 0 Å². The predicted molar refractivity (Wildman–Crippen MR) is 195 cm³/mol. The molecule has 6 rings (SSSR count). The maximum Gasteiger partial charge on any atom is 0.289 e. The third-order valence-electron chi connectivity index (χ3n) is 11.4. The lowest BCUT2D eigenvalue weighted by molar-refractivity contribution is -0.183. The van der Waals surface area contributed by atoms with E-state index in [2.05, 4.69) is 38.4 Å². The first-order valence-corrected chi connectivity index (χ1v) is 18.5. The zero-order valence-electron chi connectivity index (χ0n) is 30.1. The molecule has 2 aliphatic heterocycles. The largest absolute Gasteiger partial charge is 0.346 e. The molecule has 2 aromatic rings. The van der Waals surface area contributed by atoms with Crippen molar-refractivity contribution < 1.29 is 28.8 Å². The Morgan fingerprint density at radius 3 is 2.45 bits per heavy atom. The van der Waals surface area contributed by atoms with Gasteiger partial charge < -0.3 is 25.8 Å². The highest BCUT2D eigenvalue weighted by atomic mass is 16.2. The van der Waals surface area contributed by atoms with Crippen LogP contribution >= 0.6 is 0 Å². The van der Waals surface area contributed by atoms with Crippen molar-refractivity contribution in [2.45, 2.75) is 101 Å². The first-order valence-electron chi connectivity index (χ1n) is 18.5. The van der Waals surface area contributed by atoms with Crippen molar-refractivity contribution >= 4 is 35.3 Å². The summed E-state index contributed by atoms with van der Waals surface area (Å²) < 4.78 is 0. The average molecular weight is 722 g/mol. The van der Waals surface area contributed by atoms with Crippen molar-refractivity contribution in [1.29, 1.82) is 0 Å². The Bertz CT molecular complexity index is 1780. The van der Waals surface area contributed by atoms with E-state index in [1.165, 1.54) is 24.7 Å². The third-order valence-corrected chi connectivity index (χ3v) is 11.4. The third kappa shape index (κ3) is 7.32. The lowest BCUT2D eigenvalue weighted by atomic mass is 9.66. The molecule has 278 valence electrons. The molecule has 3 fully saturated rings. The molecule has 1 spiro atoms. The van der Waals surface area contributed by atoms with Crippen LogP contribution in [0.15, 0.2) is 55.5 Å². The lowest BCUT2D eigenvalue weighted by Crippen LogP contribution is -2.83. The van der Waals surface area contributed by atoms with Gasteiger partial charge in [-0.15, -0.1) is 18.9 Å². The van der Waals surface area contributed by atoms with Crippen molar-refractivity contribution in [3.63, 3.8) is 0 Å². The summed E-state index contributed by atoms with van der Waals surface area (Å²) in [7, 11) is 0. The van der Waals surface area contributed by atoms with E-state index in [1.807, 2.05) is 31.2 Å². The summed E-state index contributed by atoms with van der Waals surface area (Å²) in [5, 5.41) is 8.15. The number of nitrogens with one attached hydrogen (secondary N) is 3. The van der Waals surface area contributed by atoms with Gasteiger partial charge in [0.1, 0.15) is 23.8 Å². The predicted octanol–water partition coefficient (Wildman–Crippen LogP) is 1.91. The van der Waals surface area contributed by atoms with E-state index in [9.17, 15) is 24.0 Å². The van der Waals surface area contributed by atoms with Crippen LogP contribution in [0, 0.1) is 24.2 Å². The molecular weight excluding hydrogens is 674 g/mol. The minimum absolute atomic E-state index is 0.0487. The molecule has 5 amide bonds. The van der Waals surface area contributed by atoms with Crippen LogP contribution in [-0.4, -0.2) is 97.9 Å². The number of rotatable bonds is 13. The fraction of sp³-hybridized carbons (Fsp3) is 0.500. The molecular formula is C40H47N7O6. The van der Waals surface area contributed by atoms with Gasteiger partial charge in [-0.2, -0.15) is 0 Å². The maximum atomic E-state index is 15.2. The van der Waals surface area contributed by atoms with E-state index in [0.29, 0.717) is 32.1 Å². The number of ketones is 1. The van der Waals surface area contributed by atoms with E-state index in [-0.39, 0.29) is 55.3 Å². The molecule has 53 heavy (non-hydrogen) atoms. The lowest BCUT2D eigenvalue weighted by Gasteiger charge is -2.62. The Morgan fingerprint density at radius 1 is 1.09 bits per heavy atom. The van der Waals surface area contributed by atoms with Gasteiger partial charge in [-0.25, -0.2) is 4.98 Å². The fourth-order valence-electron chi connectivity index (χ4n) is 8.85. The smallest absolute Gasteiger partial charge is 0.289 e. The number of hydrogen-bond acceptors (Lipinski definition) is 8. The molecule has 1 unspecified atom stereocenters. The summed E-state index contributed by atoms with van der Waals surface area (Å²) in [5.41, 5.74) is 1.53. The molecule has 1 aromatic carbocycles.